The lowest BCUT2D eigenvalue weighted by molar-refractivity contribution is 0.251. The van der Waals surface area contributed by atoms with Crippen molar-refractivity contribution in [1.82, 2.24) is 20.5 Å². The molecule has 27 heavy (non-hydrogen) atoms. The summed E-state index contributed by atoms with van der Waals surface area (Å²) in [6.07, 6.45) is 3.34. The van der Waals surface area contributed by atoms with Gasteiger partial charge in [0.25, 0.3) is 0 Å². The van der Waals surface area contributed by atoms with E-state index in [1.807, 2.05) is 18.0 Å². The van der Waals surface area contributed by atoms with E-state index in [0.29, 0.717) is 25.3 Å². The van der Waals surface area contributed by atoms with E-state index in [9.17, 15) is 13.2 Å². The average molecular weight is 389 g/mol. The summed E-state index contributed by atoms with van der Waals surface area (Å²) in [6, 6.07) is 9.52. The summed E-state index contributed by atoms with van der Waals surface area (Å²) in [6.45, 7) is 2.21. The van der Waals surface area contributed by atoms with Crippen LogP contribution in [0.25, 0.3) is 0 Å². The highest BCUT2D eigenvalue weighted by molar-refractivity contribution is 7.92. The minimum absolute atomic E-state index is 0.240. The number of benzene rings is 1. The monoisotopic (exact) mass is 389 g/mol. The van der Waals surface area contributed by atoms with Gasteiger partial charge in [-0.1, -0.05) is 6.07 Å². The number of rotatable bonds is 5. The third-order valence-corrected chi connectivity index (χ3v) is 6.60. The normalized spacial score (nSPS) is 18.0. The highest BCUT2D eigenvalue weighted by atomic mass is 32.2. The van der Waals surface area contributed by atoms with Crippen molar-refractivity contribution in [3.8, 4) is 0 Å². The van der Waals surface area contributed by atoms with E-state index in [1.165, 1.54) is 12.1 Å². The lowest BCUT2D eigenvalue weighted by Crippen LogP contribution is -2.52. The second-order valence-corrected chi connectivity index (χ2v) is 8.48. The van der Waals surface area contributed by atoms with Crippen molar-refractivity contribution in [2.24, 2.45) is 0 Å². The number of aromatic nitrogens is 1. The fraction of sp³-hybridized carbons (Fsp3) is 0.333. The van der Waals surface area contributed by atoms with Crippen molar-refractivity contribution >= 4 is 21.6 Å². The lowest BCUT2D eigenvalue weighted by atomic mass is 10.3. The van der Waals surface area contributed by atoms with Crippen molar-refractivity contribution in [3.63, 3.8) is 0 Å². The summed E-state index contributed by atoms with van der Waals surface area (Å²) >= 11 is 0. The highest BCUT2D eigenvalue weighted by Crippen LogP contribution is 2.21. The molecule has 8 nitrogen and oxygen atoms in total. The van der Waals surface area contributed by atoms with Gasteiger partial charge in [-0.3, -0.25) is 9.88 Å². The molecule has 3 N–H and O–H groups in total. The van der Waals surface area contributed by atoms with Gasteiger partial charge in [0.2, 0.25) is 0 Å². The zero-order chi connectivity index (χ0) is 19.3. The number of hydrogen-bond donors (Lipinski definition) is 3. The molecule has 1 aromatic heterocycles. The van der Waals surface area contributed by atoms with Crippen molar-refractivity contribution in [2.75, 3.05) is 32.0 Å². The third-order valence-electron chi connectivity index (χ3n) is 4.43. The van der Waals surface area contributed by atoms with Crippen LogP contribution in [-0.4, -0.2) is 56.4 Å². The topological polar surface area (TPSA) is 103 Å². The lowest BCUT2D eigenvalue weighted by Gasteiger charge is -2.32. The van der Waals surface area contributed by atoms with Crippen LogP contribution in [0.15, 0.2) is 53.7 Å². The molecule has 2 aromatic rings. The third kappa shape index (κ3) is 4.82. The van der Waals surface area contributed by atoms with E-state index in [4.69, 9.17) is 0 Å². The molecule has 144 valence electrons. The molecular formula is C18H23N5O3S. The summed E-state index contributed by atoms with van der Waals surface area (Å²) in [4.78, 5) is 18.0. The summed E-state index contributed by atoms with van der Waals surface area (Å²) in [5.74, 6) is 0. The zero-order valence-electron chi connectivity index (χ0n) is 15.1. The van der Waals surface area contributed by atoms with Crippen LogP contribution in [0.5, 0.6) is 0 Å². The first-order valence-corrected chi connectivity index (χ1v) is 10.2. The zero-order valence-corrected chi connectivity index (χ0v) is 15.9. The Morgan fingerprint density at radius 3 is 2.74 bits per heavy atom. The van der Waals surface area contributed by atoms with Gasteiger partial charge in [-0.15, -0.1) is 0 Å². The maximum atomic E-state index is 12.8. The van der Waals surface area contributed by atoms with Crippen molar-refractivity contribution in [3.05, 3.63) is 54.4 Å². The first-order valence-electron chi connectivity index (χ1n) is 8.65. The molecule has 3 rings (SSSR count). The molecule has 1 atom stereocenters. The number of likely N-dealkylation sites (N-methyl/N-ethyl adjacent to an activating group) is 1. The van der Waals surface area contributed by atoms with Crippen LogP contribution in [-0.2, 0) is 16.4 Å². The molecule has 1 aliphatic rings. The fourth-order valence-electron chi connectivity index (χ4n) is 2.87. The number of amides is 2. The van der Waals surface area contributed by atoms with E-state index >= 15 is 0 Å². The predicted molar refractivity (Wildman–Crippen MR) is 103 cm³/mol. The van der Waals surface area contributed by atoms with Crippen LogP contribution < -0.4 is 16.0 Å². The Bertz CT molecular complexity index is 872. The minimum atomic E-state index is -3.47. The number of urea groups is 1. The Morgan fingerprint density at radius 1 is 1.30 bits per heavy atom. The van der Waals surface area contributed by atoms with Crippen LogP contribution in [0.2, 0.25) is 0 Å². The average Bonchev–Trinajstić information content (AvgIpc) is 2.68. The first-order chi connectivity index (χ1) is 13.0. The summed E-state index contributed by atoms with van der Waals surface area (Å²) < 4.78 is 25.6. The second-order valence-electron chi connectivity index (χ2n) is 6.38. The number of pyridine rings is 1. The largest absolute Gasteiger partial charge is 0.334 e. The summed E-state index contributed by atoms with van der Waals surface area (Å²) in [5.41, 5.74) is 1.41. The van der Waals surface area contributed by atoms with Gasteiger partial charge in [0.15, 0.2) is 9.84 Å². The van der Waals surface area contributed by atoms with E-state index in [2.05, 4.69) is 20.9 Å². The molecule has 0 spiro atoms. The number of anilines is 1. The van der Waals surface area contributed by atoms with Crippen LogP contribution in [0.3, 0.4) is 0 Å². The SMILES string of the molecule is CN1CCNCC1S(=O)(=O)c1ccc(NC(=O)NCc2cccnc2)cc1. The number of nitrogens with zero attached hydrogens (tertiary/aromatic N) is 2. The summed E-state index contributed by atoms with van der Waals surface area (Å²) in [5, 5.41) is 7.94. The Labute approximate surface area is 158 Å². The maximum absolute atomic E-state index is 12.8. The van der Waals surface area contributed by atoms with Gasteiger partial charge in [-0.25, -0.2) is 13.2 Å². The Kier molecular flexibility index (Phi) is 6.04. The number of piperazine rings is 1. The van der Waals surface area contributed by atoms with Crippen LogP contribution in [0.1, 0.15) is 5.56 Å². The van der Waals surface area contributed by atoms with Gasteiger partial charge in [0.05, 0.1) is 4.90 Å². The number of carbonyl (C=O) groups is 1. The van der Waals surface area contributed by atoms with E-state index in [1.54, 1.807) is 30.6 Å². The molecule has 0 saturated carbocycles. The minimum Gasteiger partial charge on any atom is -0.334 e. The molecule has 9 heteroatoms. The van der Waals surface area contributed by atoms with Crippen molar-refractivity contribution in [1.29, 1.82) is 0 Å². The van der Waals surface area contributed by atoms with Gasteiger partial charge in [0, 0.05) is 44.3 Å². The van der Waals surface area contributed by atoms with Crippen molar-refractivity contribution < 1.29 is 13.2 Å². The second kappa shape index (κ2) is 8.47. The molecule has 1 unspecified atom stereocenters. The number of carbonyl (C=O) groups excluding carboxylic acids is 1. The molecule has 0 bridgehead atoms. The molecule has 2 amide bonds. The molecule has 1 aliphatic heterocycles. The van der Waals surface area contributed by atoms with E-state index in [0.717, 1.165) is 12.1 Å². The van der Waals surface area contributed by atoms with Crippen molar-refractivity contribution in [2.45, 2.75) is 16.8 Å². The van der Waals surface area contributed by atoms with Gasteiger partial charge in [-0.2, -0.15) is 0 Å². The van der Waals surface area contributed by atoms with Gasteiger partial charge in [0.1, 0.15) is 5.37 Å². The summed E-state index contributed by atoms with van der Waals surface area (Å²) in [7, 11) is -1.66. The number of hydrogen-bond acceptors (Lipinski definition) is 6. The molecule has 2 heterocycles. The Morgan fingerprint density at radius 2 is 2.07 bits per heavy atom. The van der Waals surface area contributed by atoms with Gasteiger partial charge in [-0.05, 0) is 42.9 Å². The van der Waals surface area contributed by atoms with Gasteiger partial charge >= 0.3 is 6.03 Å². The molecular weight excluding hydrogens is 366 g/mol. The molecule has 1 saturated heterocycles. The number of nitrogens with one attached hydrogen (secondary N) is 3. The highest BCUT2D eigenvalue weighted by Gasteiger charge is 2.32. The molecule has 1 aromatic carbocycles. The Balaban J connectivity index is 1.60. The predicted octanol–water partition coefficient (Wildman–Crippen LogP) is 1.04. The fourth-order valence-corrected chi connectivity index (χ4v) is 4.62. The number of sulfone groups is 1. The van der Waals surface area contributed by atoms with E-state index < -0.39 is 15.2 Å². The smallest absolute Gasteiger partial charge is 0.319 e. The first kappa shape index (κ1) is 19.3. The van der Waals surface area contributed by atoms with Crippen LogP contribution in [0.4, 0.5) is 10.5 Å². The van der Waals surface area contributed by atoms with Crippen LogP contribution >= 0.6 is 0 Å². The molecule has 0 aliphatic carbocycles. The van der Waals surface area contributed by atoms with Gasteiger partial charge < -0.3 is 16.0 Å². The maximum Gasteiger partial charge on any atom is 0.319 e. The van der Waals surface area contributed by atoms with E-state index in [-0.39, 0.29) is 10.9 Å². The molecule has 1 fully saturated rings. The standard InChI is InChI=1S/C18H23N5O3S/c1-23-10-9-20-13-17(23)27(25,26)16-6-4-15(5-7-16)22-18(24)21-12-14-3-2-8-19-11-14/h2-8,11,17,20H,9-10,12-13H2,1H3,(H2,21,22,24). The Hall–Kier alpha value is -2.49. The quantitative estimate of drug-likeness (QED) is 0.706. The van der Waals surface area contributed by atoms with Crippen LogP contribution in [0, 0.1) is 0 Å². The molecule has 0 radical (unpaired) electrons.